The van der Waals surface area contributed by atoms with E-state index in [0.29, 0.717) is 5.56 Å². The minimum Gasteiger partial charge on any atom is -0.466 e. The highest BCUT2D eigenvalue weighted by molar-refractivity contribution is 7.80. The lowest BCUT2D eigenvalue weighted by atomic mass is 10.0. The lowest BCUT2D eigenvalue weighted by Gasteiger charge is -2.33. The maximum atomic E-state index is 13.6. The Kier molecular flexibility index (Phi) is 12.8. The second-order valence-electron chi connectivity index (χ2n) is 8.78. The van der Waals surface area contributed by atoms with Gasteiger partial charge in [-0.25, -0.2) is 4.79 Å². The van der Waals surface area contributed by atoms with Crippen molar-refractivity contribution in [2.45, 2.75) is 51.8 Å². The topological polar surface area (TPSA) is 114 Å². The molecular weight excluding hydrogens is 482 g/mol. The standard InChI is InChI=1S/C26H37N3O6S/c1-7-15-29(24(32)20(17-36)28-25(33)35-26(4,5)6)22(19-12-10-11-18(8-2)16-19)23(31)27-14-13-21(30)34-9-3/h7-8,10-12,16,20,22,36H,1-2,9,13-15,17H2,3-6H3,(H,27,31)(H,28,33). The van der Waals surface area contributed by atoms with Crippen molar-refractivity contribution >= 4 is 42.6 Å². The molecule has 1 rings (SSSR count). The molecule has 0 aliphatic carbocycles. The zero-order valence-corrected chi connectivity index (χ0v) is 22.3. The van der Waals surface area contributed by atoms with Crippen LogP contribution in [0.4, 0.5) is 4.79 Å². The summed E-state index contributed by atoms with van der Waals surface area (Å²) in [5, 5.41) is 5.24. The van der Waals surface area contributed by atoms with E-state index < -0.39 is 41.6 Å². The third-order valence-corrected chi connectivity index (χ3v) is 5.10. The zero-order chi connectivity index (χ0) is 27.3. The van der Waals surface area contributed by atoms with Crippen LogP contribution in [0.3, 0.4) is 0 Å². The molecule has 3 amide bonds. The average Bonchev–Trinajstić information content (AvgIpc) is 2.81. The molecule has 1 aromatic carbocycles. The second kappa shape index (κ2) is 15.0. The summed E-state index contributed by atoms with van der Waals surface area (Å²) in [7, 11) is 0. The van der Waals surface area contributed by atoms with Crippen molar-refractivity contribution < 1.29 is 28.7 Å². The molecule has 0 heterocycles. The number of hydrogen-bond acceptors (Lipinski definition) is 7. The highest BCUT2D eigenvalue weighted by atomic mass is 32.1. The summed E-state index contributed by atoms with van der Waals surface area (Å²) in [6, 6.07) is 4.86. The third-order valence-electron chi connectivity index (χ3n) is 4.74. The van der Waals surface area contributed by atoms with Crippen LogP contribution in [0.2, 0.25) is 0 Å². The highest BCUT2D eigenvalue weighted by Gasteiger charge is 2.35. The van der Waals surface area contributed by atoms with Crippen LogP contribution in [0.5, 0.6) is 0 Å². The Morgan fingerprint density at radius 3 is 2.44 bits per heavy atom. The van der Waals surface area contributed by atoms with Gasteiger partial charge in [-0.1, -0.05) is 36.9 Å². The molecule has 0 aliphatic heterocycles. The Labute approximate surface area is 218 Å². The number of hydrogen-bond donors (Lipinski definition) is 3. The largest absolute Gasteiger partial charge is 0.466 e. The molecule has 198 valence electrons. The number of nitrogens with zero attached hydrogens (tertiary/aromatic N) is 1. The first-order valence-electron chi connectivity index (χ1n) is 11.6. The molecule has 36 heavy (non-hydrogen) atoms. The predicted molar refractivity (Wildman–Crippen MR) is 142 cm³/mol. The quantitative estimate of drug-likeness (QED) is 0.209. The Morgan fingerprint density at radius 1 is 1.19 bits per heavy atom. The lowest BCUT2D eigenvalue weighted by Crippen LogP contribution is -2.54. The highest BCUT2D eigenvalue weighted by Crippen LogP contribution is 2.24. The SMILES string of the molecule is C=CCN(C(=O)C(CS)NC(=O)OC(C)(C)C)C(C(=O)NCCC(=O)OCC)c1cccc(C=C)c1. The summed E-state index contributed by atoms with van der Waals surface area (Å²) in [6.07, 6.45) is 2.31. The Bertz CT molecular complexity index is 944. The van der Waals surface area contributed by atoms with Crippen molar-refractivity contribution in [1.29, 1.82) is 0 Å². The van der Waals surface area contributed by atoms with Crippen LogP contribution in [0.1, 0.15) is 51.3 Å². The van der Waals surface area contributed by atoms with Crippen molar-refractivity contribution in [3.63, 3.8) is 0 Å². The number of nitrogens with one attached hydrogen (secondary N) is 2. The number of alkyl carbamates (subject to hydrolysis) is 1. The van der Waals surface area contributed by atoms with E-state index >= 15 is 0 Å². The number of ether oxygens (including phenoxy) is 2. The van der Waals surface area contributed by atoms with Crippen molar-refractivity contribution in [1.82, 2.24) is 15.5 Å². The Morgan fingerprint density at radius 2 is 1.89 bits per heavy atom. The van der Waals surface area contributed by atoms with Gasteiger partial charge in [0.15, 0.2) is 0 Å². The fourth-order valence-corrected chi connectivity index (χ4v) is 3.49. The van der Waals surface area contributed by atoms with Gasteiger partial charge in [0.2, 0.25) is 11.8 Å². The van der Waals surface area contributed by atoms with Gasteiger partial charge in [-0.05, 0) is 44.9 Å². The molecule has 0 saturated carbocycles. The van der Waals surface area contributed by atoms with E-state index in [1.165, 1.54) is 11.0 Å². The molecule has 0 saturated heterocycles. The average molecular weight is 520 g/mol. The molecule has 0 fully saturated rings. The first-order chi connectivity index (χ1) is 17.0. The van der Waals surface area contributed by atoms with E-state index in [1.807, 2.05) is 6.07 Å². The van der Waals surface area contributed by atoms with Crippen LogP contribution >= 0.6 is 12.6 Å². The molecule has 2 unspecified atom stereocenters. The normalized spacial score (nSPS) is 12.5. The molecule has 1 aromatic rings. The first kappa shape index (κ1) is 30.8. The monoisotopic (exact) mass is 519 g/mol. The first-order valence-corrected chi connectivity index (χ1v) is 12.3. The van der Waals surface area contributed by atoms with Gasteiger partial charge in [-0.15, -0.1) is 6.58 Å². The number of carbonyl (C=O) groups is 4. The molecule has 0 spiro atoms. The molecule has 0 radical (unpaired) electrons. The van der Waals surface area contributed by atoms with Gasteiger partial charge in [0.25, 0.3) is 0 Å². The van der Waals surface area contributed by atoms with Gasteiger partial charge in [0.1, 0.15) is 17.7 Å². The van der Waals surface area contributed by atoms with Gasteiger partial charge >= 0.3 is 12.1 Å². The maximum Gasteiger partial charge on any atom is 0.408 e. The van der Waals surface area contributed by atoms with Crippen LogP contribution in [0.25, 0.3) is 6.08 Å². The minimum atomic E-state index is -1.08. The van der Waals surface area contributed by atoms with Crippen molar-refractivity contribution in [3.8, 4) is 0 Å². The van der Waals surface area contributed by atoms with Crippen LogP contribution in [-0.4, -0.2) is 65.9 Å². The number of amides is 3. The van der Waals surface area contributed by atoms with Gasteiger partial charge < -0.3 is 25.0 Å². The van der Waals surface area contributed by atoms with E-state index in [0.717, 1.165) is 5.56 Å². The minimum absolute atomic E-state index is 0.00733. The van der Waals surface area contributed by atoms with Crippen molar-refractivity contribution in [2.75, 3.05) is 25.4 Å². The molecule has 10 heteroatoms. The van der Waals surface area contributed by atoms with Crippen LogP contribution in [0.15, 0.2) is 43.5 Å². The molecule has 2 atom stereocenters. The maximum absolute atomic E-state index is 13.6. The second-order valence-corrected chi connectivity index (χ2v) is 9.15. The zero-order valence-electron chi connectivity index (χ0n) is 21.4. The number of esters is 1. The van der Waals surface area contributed by atoms with Gasteiger partial charge in [0.05, 0.1) is 13.0 Å². The van der Waals surface area contributed by atoms with Crippen LogP contribution in [-0.2, 0) is 23.9 Å². The Balaban J connectivity index is 3.30. The van der Waals surface area contributed by atoms with E-state index in [-0.39, 0.29) is 31.9 Å². The summed E-state index contributed by atoms with van der Waals surface area (Å²) in [4.78, 5) is 52.3. The van der Waals surface area contributed by atoms with Crippen molar-refractivity contribution in [3.05, 3.63) is 54.6 Å². The van der Waals surface area contributed by atoms with Crippen molar-refractivity contribution in [2.24, 2.45) is 0 Å². The van der Waals surface area contributed by atoms with E-state index in [2.05, 4.69) is 36.4 Å². The fraction of sp³-hybridized carbons (Fsp3) is 0.462. The third kappa shape index (κ3) is 10.2. The molecule has 9 nitrogen and oxygen atoms in total. The molecule has 2 N–H and O–H groups in total. The molecule has 0 bridgehead atoms. The Hall–Kier alpha value is -3.27. The summed E-state index contributed by atoms with van der Waals surface area (Å²) in [5.41, 5.74) is 0.508. The summed E-state index contributed by atoms with van der Waals surface area (Å²) >= 11 is 4.23. The van der Waals surface area contributed by atoms with E-state index in [4.69, 9.17) is 9.47 Å². The van der Waals surface area contributed by atoms with Crippen LogP contribution < -0.4 is 10.6 Å². The lowest BCUT2D eigenvalue weighted by molar-refractivity contribution is -0.144. The van der Waals surface area contributed by atoms with E-state index in [1.54, 1.807) is 52.0 Å². The summed E-state index contributed by atoms with van der Waals surface area (Å²) in [5.74, 6) is -1.54. The summed E-state index contributed by atoms with van der Waals surface area (Å²) < 4.78 is 10.2. The van der Waals surface area contributed by atoms with Gasteiger partial charge in [-0.2, -0.15) is 12.6 Å². The summed E-state index contributed by atoms with van der Waals surface area (Å²) in [6.45, 7) is 14.6. The number of rotatable bonds is 13. The molecular formula is C26H37N3O6S. The van der Waals surface area contributed by atoms with Gasteiger partial charge in [0, 0.05) is 18.8 Å². The fourth-order valence-electron chi connectivity index (χ4n) is 3.24. The smallest absolute Gasteiger partial charge is 0.408 e. The molecule has 0 aromatic heterocycles. The predicted octanol–water partition coefficient (Wildman–Crippen LogP) is 3.28. The number of benzene rings is 1. The van der Waals surface area contributed by atoms with Gasteiger partial charge in [-0.3, -0.25) is 14.4 Å². The van der Waals surface area contributed by atoms with Crippen LogP contribution in [0, 0.1) is 0 Å². The van der Waals surface area contributed by atoms with E-state index in [9.17, 15) is 19.2 Å². The number of carbonyl (C=O) groups excluding carboxylic acids is 4. The number of thiol groups is 1. The molecule has 0 aliphatic rings.